The molecule has 3 heterocycles. The van der Waals surface area contributed by atoms with Crippen LogP contribution in [-0.4, -0.2) is 0 Å². The smallest absolute Gasteiger partial charge is 0.0397 e. The van der Waals surface area contributed by atoms with Crippen molar-refractivity contribution in [3.63, 3.8) is 0 Å². The molecule has 0 N–H and O–H groups in total. The number of thiophene rings is 2. The maximum Gasteiger partial charge on any atom is 0.0397 e. The Morgan fingerprint density at radius 1 is 0.404 bits per heavy atom. The van der Waals surface area contributed by atoms with Crippen LogP contribution < -0.4 is 0 Å². The van der Waals surface area contributed by atoms with Crippen LogP contribution in [0.15, 0.2) is 145 Å². The molecule has 3 heteroatoms. The van der Waals surface area contributed by atoms with E-state index in [9.17, 15) is 0 Å². The highest BCUT2D eigenvalue weighted by molar-refractivity contribution is 8.00. The van der Waals surface area contributed by atoms with E-state index in [0.29, 0.717) is 10.5 Å². The van der Waals surface area contributed by atoms with Crippen molar-refractivity contribution in [3.8, 4) is 22.3 Å². The van der Waals surface area contributed by atoms with Gasteiger partial charge >= 0.3 is 0 Å². The van der Waals surface area contributed by atoms with E-state index in [1.54, 1.807) is 0 Å². The molecule has 0 saturated carbocycles. The van der Waals surface area contributed by atoms with E-state index < -0.39 is 0 Å². The fraction of sp³-hybridized carbons (Fsp3) is 0.0909. The van der Waals surface area contributed by atoms with Gasteiger partial charge in [-0.25, -0.2) is 0 Å². The zero-order valence-electron chi connectivity index (χ0n) is 25.7. The predicted molar refractivity (Wildman–Crippen MR) is 209 cm³/mol. The van der Waals surface area contributed by atoms with Gasteiger partial charge in [0.05, 0.1) is 0 Å². The fourth-order valence-corrected chi connectivity index (χ4v) is 11.3. The summed E-state index contributed by atoms with van der Waals surface area (Å²) in [5, 5.41) is 14.0. The van der Waals surface area contributed by atoms with Crippen molar-refractivity contribution in [1.29, 1.82) is 0 Å². The second kappa shape index (κ2) is 11.1. The summed E-state index contributed by atoms with van der Waals surface area (Å²) in [4.78, 5) is 1.52. The van der Waals surface area contributed by atoms with E-state index >= 15 is 0 Å². The van der Waals surface area contributed by atoms with Crippen LogP contribution in [0, 0.1) is 0 Å². The highest BCUT2D eigenvalue weighted by atomic mass is 32.2. The second-order valence-electron chi connectivity index (χ2n) is 12.7. The van der Waals surface area contributed by atoms with Crippen molar-refractivity contribution < 1.29 is 0 Å². The zero-order valence-corrected chi connectivity index (χ0v) is 28.1. The third-order valence-corrected chi connectivity index (χ3v) is 14.0. The summed E-state index contributed by atoms with van der Waals surface area (Å²) in [5.74, 6) is 0. The average Bonchev–Trinajstić information content (AvgIpc) is 3.92. The van der Waals surface area contributed by atoms with Gasteiger partial charge in [0.1, 0.15) is 0 Å². The van der Waals surface area contributed by atoms with Crippen molar-refractivity contribution in [3.05, 3.63) is 155 Å². The first-order valence-corrected chi connectivity index (χ1v) is 19.0. The first kappa shape index (κ1) is 27.7. The third-order valence-electron chi connectivity index (χ3n) is 10.0. The zero-order chi connectivity index (χ0) is 30.9. The molecule has 0 amide bonds. The second-order valence-corrected chi connectivity index (χ2v) is 16.2. The Morgan fingerprint density at radius 2 is 0.957 bits per heavy atom. The molecule has 224 valence electrons. The number of hydrogen-bond acceptors (Lipinski definition) is 3. The van der Waals surface area contributed by atoms with Gasteiger partial charge < -0.3 is 0 Å². The molecule has 0 aliphatic carbocycles. The van der Waals surface area contributed by atoms with Crippen LogP contribution in [0.2, 0.25) is 0 Å². The minimum atomic E-state index is 0.583. The molecule has 2 atom stereocenters. The Labute approximate surface area is 286 Å². The molecular formula is C44H30S3. The molecule has 2 unspecified atom stereocenters. The van der Waals surface area contributed by atoms with Crippen LogP contribution in [0.4, 0.5) is 0 Å². The number of fused-ring (bicyclic) bond motifs is 9. The maximum absolute atomic E-state index is 2.41. The van der Waals surface area contributed by atoms with Crippen LogP contribution in [-0.2, 0) is 0 Å². The molecule has 7 aromatic carbocycles. The van der Waals surface area contributed by atoms with Crippen LogP contribution in [0.25, 0.3) is 74.7 Å². The molecule has 0 bridgehead atoms. The Morgan fingerprint density at radius 3 is 1.66 bits per heavy atom. The third kappa shape index (κ3) is 4.64. The molecule has 1 saturated heterocycles. The molecule has 1 fully saturated rings. The normalized spacial score (nSPS) is 16.7. The molecular weight excluding hydrogens is 625 g/mol. The van der Waals surface area contributed by atoms with E-state index in [1.807, 2.05) is 22.7 Å². The Balaban J connectivity index is 1.04. The Kier molecular flexibility index (Phi) is 6.53. The van der Waals surface area contributed by atoms with E-state index in [-0.39, 0.29) is 0 Å². The largest absolute Gasteiger partial charge is 0.148 e. The van der Waals surface area contributed by atoms with Gasteiger partial charge in [0, 0.05) is 35.5 Å². The topological polar surface area (TPSA) is 0 Å². The lowest BCUT2D eigenvalue weighted by atomic mass is 9.90. The summed E-state index contributed by atoms with van der Waals surface area (Å²) < 4.78 is 2.69. The van der Waals surface area contributed by atoms with E-state index in [0.717, 1.165) is 0 Å². The minimum Gasteiger partial charge on any atom is -0.148 e. The van der Waals surface area contributed by atoms with Crippen LogP contribution in [0.1, 0.15) is 33.8 Å². The van der Waals surface area contributed by atoms with Crippen molar-refractivity contribution >= 4 is 86.9 Å². The summed E-state index contributed by atoms with van der Waals surface area (Å²) >= 11 is 5.91. The number of rotatable bonds is 4. The summed E-state index contributed by atoms with van der Waals surface area (Å²) in [5.41, 5.74) is 6.54. The summed E-state index contributed by atoms with van der Waals surface area (Å²) in [6.45, 7) is 0. The van der Waals surface area contributed by atoms with Gasteiger partial charge in [0.2, 0.25) is 0 Å². The van der Waals surface area contributed by atoms with E-state index in [1.165, 1.54) is 98.0 Å². The Hall–Kier alpha value is -4.41. The monoisotopic (exact) mass is 654 g/mol. The minimum absolute atomic E-state index is 0.583. The highest BCUT2D eigenvalue weighted by Crippen LogP contribution is 2.53. The van der Waals surface area contributed by atoms with Gasteiger partial charge in [-0.15, -0.1) is 34.4 Å². The lowest BCUT2D eigenvalue weighted by molar-refractivity contribution is 0.771. The standard InChI is InChI=1S/C44H30S3/c1-2-7-33-32(6-1)37-24-29(27-11-13-28(14-12-27)40-21-22-44(46-40)43-10-5-23-45-43)15-18-34(37)35-19-16-30(25-38(33)35)31-17-20-42-39(26-31)36-8-3-4-9-41(36)47-42/h1-20,23-26,40,44H,21-22H2. The van der Waals surface area contributed by atoms with Gasteiger partial charge in [0.25, 0.3) is 0 Å². The number of hydrogen-bond donors (Lipinski definition) is 0. The lowest BCUT2D eigenvalue weighted by Crippen LogP contribution is -1.89. The van der Waals surface area contributed by atoms with Crippen LogP contribution in [0.5, 0.6) is 0 Å². The number of thioether (sulfide) groups is 1. The lowest BCUT2D eigenvalue weighted by Gasteiger charge is -2.14. The van der Waals surface area contributed by atoms with Gasteiger partial charge in [-0.2, -0.15) is 0 Å². The molecule has 0 nitrogen and oxygen atoms in total. The van der Waals surface area contributed by atoms with Crippen LogP contribution in [0.3, 0.4) is 0 Å². The molecule has 0 radical (unpaired) electrons. The molecule has 2 aromatic heterocycles. The summed E-state index contributed by atoms with van der Waals surface area (Å²) in [7, 11) is 0. The van der Waals surface area contributed by atoms with Gasteiger partial charge in [-0.1, -0.05) is 103 Å². The molecule has 47 heavy (non-hydrogen) atoms. The molecule has 1 aliphatic heterocycles. The van der Waals surface area contributed by atoms with Crippen LogP contribution >= 0.6 is 34.4 Å². The van der Waals surface area contributed by atoms with Gasteiger partial charge in [-0.05, 0) is 115 Å². The first-order chi connectivity index (χ1) is 23.3. The van der Waals surface area contributed by atoms with Gasteiger partial charge in [-0.3, -0.25) is 0 Å². The first-order valence-electron chi connectivity index (χ1n) is 16.4. The predicted octanol–water partition coefficient (Wildman–Crippen LogP) is 14.2. The SMILES string of the molecule is c1csc(C2CCC(c3ccc(-c4ccc5c6ccc(-c7ccc8sc9ccccc9c8c7)cc6c6ccccc6c5c4)cc3)S2)c1. The van der Waals surface area contributed by atoms with Gasteiger partial charge in [0.15, 0.2) is 0 Å². The highest BCUT2D eigenvalue weighted by Gasteiger charge is 2.28. The van der Waals surface area contributed by atoms with Crippen molar-refractivity contribution in [2.45, 2.75) is 23.3 Å². The number of benzene rings is 7. The molecule has 1 aliphatic rings. The van der Waals surface area contributed by atoms with Crippen molar-refractivity contribution in [2.24, 2.45) is 0 Å². The summed E-state index contributed by atoms with van der Waals surface area (Å²) in [6, 6.07) is 52.6. The van der Waals surface area contributed by atoms with E-state index in [4.69, 9.17) is 0 Å². The molecule has 0 spiro atoms. The molecule has 10 rings (SSSR count). The summed E-state index contributed by atoms with van der Waals surface area (Å²) in [6.07, 6.45) is 2.52. The molecule has 9 aromatic rings. The quantitative estimate of drug-likeness (QED) is 0.170. The maximum atomic E-state index is 2.41. The van der Waals surface area contributed by atoms with Crippen molar-refractivity contribution in [2.75, 3.05) is 0 Å². The average molecular weight is 655 g/mol. The van der Waals surface area contributed by atoms with E-state index in [2.05, 4.69) is 157 Å². The Bertz CT molecular complexity index is 2590. The van der Waals surface area contributed by atoms with Crippen molar-refractivity contribution in [1.82, 2.24) is 0 Å². The fourth-order valence-electron chi connectivity index (χ4n) is 7.68.